The highest BCUT2D eigenvalue weighted by Gasteiger charge is 2.18. The van der Waals surface area contributed by atoms with Crippen LogP contribution < -0.4 is 10.0 Å². The number of benzene rings is 1. The summed E-state index contributed by atoms with van der Waals surface area (Å²) in [4.78, 5) is 17.9. The summed E-state index contributed by atoms with van der Waals surface area (Å²) in [7, 11) is -4.21. The van der Waals surface area contributed by atoms with Gasteiger partial charge in [-0.05, 0) is 25.1 Å². The predicted octanol–water partition coefficient (Wildman–Crippen LogP) is 1.65. The Bertz CT molecular complexity index is 374. The quantitative estimate of drug-likeness (QED) is 0.827. The highest BCUT2D eigenvalue weighted by Crippen LogP contribution is 2.35. The summed E-state index contributed by atoms with van der Waals surface area (Å²) >= 11 is 3.15. The molecule has 0 fully saturated rings. The normalized spacial score (nSPS) is 11.4. The molecule has 0 amide bonds. The first-order chi connectivity index (χ1) is 6.43. The van der Waals surface area contributed by atoms with Crippen molar-refractivity contribution in [2.45, 2.75) is 6.92 Å². The third-order valence-electron chi connectivity index (χ3n) is 1.50. The first kappa shape index (κ1) is 11.7. The van der Waals surface area contributed by atoms with Gasteiger partial charge in [0.15, 0.2) is 0 Å². The molecule has 0 aliphatic heterocycles. The number of hydrogen-bond acceptors (Lipinski definition) is 2. The molecule has 4 nitrogen and oxygen atoms in total. The van der Waals surface area contributed by atoms with Crippen molar-refractivity contribution in [1.29, 1.82) is 0 Å². The van der Waals surface area contributed by atoms with Crippen molar-refractivity contribution < 1.29 is 19.1 Å². The third kappa shape index (κ3) is 3.10. The van der Waals surface area contributed by atoms with Crippen molar-refractivity contribution >= 4 is 28.8 Å². The van der Waals surface area contributed by atoms with Crippen molar-refractivity contribution in [2.75, 3.05) is 6.61 Å². The number of halogens is 1. The molecule has 0 aliphatic rings. The predicted molar refractivity (Wildman–Crippen MR) is 57.0 cm³/mol. The fourth-order valence-electron chi connectivity index (χ4n) is 0.966. The Morgan fingerprint density at radius 1 is 1.43 bits per heavy atom. The molecule has 14 heavy (non-hydrogen) atoms. The summed E-state index contributed by atoms with van der Waals surface area (Å²) in [5.41, 5.74) is 0. The van der Waals surface area contributed by atoms with Crippen molar-refractivity contribution in [3.63, 3.8) is 0 Å². The summed E-state index contributed by atoms with van der Waals surface area (Å²) in [5.74, 6) is 0.445. The molecule has 0 aliphatic carbocycles. The maximum Gasteiger partial charge on any atom is 0.356 e. The molecule has 0 spiro atoms. The Labute approximate surface area is 90.2 Å². The van der Waals surface area contributed by atoms with Gasteiger partial charge in [-0.25, -0.2) is 0 Å². The van der Waals surface area contributed by atoms with Gasteiger partial charge in [-0.2, -0.15) is 0 Å². The van der Waals surface area contributed by atoms with Gasteiger partial charge >= 0.3 is 7.60 Å². The van der Waals surface area contributed by atoms with Gasteiger partial charge < -0.3 is 14.5 Å². The average Bonchev–Trinajstić information content (AvgIpc) is 2.02. The molecule has 1 aromatic rings. The summed E-state index contributed by atoms with van der Waals surface area (Å²) in [6, 6.07) is 4.38. The molecule has 0 saturated carbocycles. The van der Waals surface area contributed by atoms with Crippen LogP contribution in [0.2, 0.25) is 0 Å². The second-order valence-electron chi connectivity index (χ2n) is 2.62. The first-order valence-electron chi connectivity index (χ1n) is 3.93. The van der Waals surface area contributed by atoms with E-state index in [-0.39, 0.29) is 5.30 Å². The smallest absolute Gasteiger partial charge is 0.356 e. The zero-order chi connectivity index (χ0) is 10.8. The van der Waals surface area contributed by atoms with E-state index in [0.29, 0.717) is 16.8 Å². The van der Waals surface area contributed by atoms with Gasteiger partial charge in [-0.1, -0.05) is 15.9 Å². The molecule has 0 bridgehead atoms. The van der Waals surface area contributed by atoms with Crippen LogP contribution in [-0.4, -0.2) is 16.4 Å². The molecule has 0 radical (unpaired) electrons. The van der Waals surface area contributed by atoms with Crippen LogP contribution in [0, 0.1) is 0 Å². The maximum atomic E-state index is 11.0. The minimum atomic E-state index is -4.21. The molecule has 0 unspecified atom stereocenters. The zero-order valence-electron chi connectivity index (χ0n) is 7.48. The van der Waals surface area contributed by atoms with E-state index in [2.05, 4.69) is 15.9 Å². The number of rotatable bonds is 3. The van der Waals surface area contributed by atoms with E-state index >= 15 is 0 Å². The summed E-state index contributed by atoms with van der Waals surface area (Å²) < 4.78 is 16.7. The highest BCUT2D eigenvalue weighted by atomic mass is 79.9. The summed E-state index contributed by atoms with van der Waals surface area (Å²) in [5, 5.41) is -0.0460. The van der Waals surface area contributed by atoms with Gasteiger partial charge in [0, 0.05) is 4.47 Å². The highest BCUT2D eigenvalue weighted by molar-refractivity contribution is 9.10. The van der Waals surface area contributed by atoms with E-state index in [1.807, 2.05) is 0 Å². The molecule has 0 atom stereocenters. The second-order valence-corrected chi connectivity index (χ2v) is 5.14. The van der Waals surface area contributed by atoms with E-state index in [1.54, 1.807) is 13.0 Å². The Kier molecular flexibility index (Phi) is 3.72. The minimum absolute atomic E-state index is 0.0460. The fourth-order valence-corrected chi connectivity index (χ4v) is 2.22. The number of hydrogen-bond donors (Lipinski definition) is 2. The van der Waals surface area contributed by atoms with Gasteiger partial charge in [-0.15, -0.1) is 0 Å². The van der Waals surface area contributed by atoms with Crippen molar-refractivity contribution in [3.8, 4) is 5.75 Å². The van der Waals surface area contributed by atoms with E-state index in [4.69, 9.17) is 14.5 Å². The molecular formula is C8H10BrO4P. The van der Waals surface area contributed by atoms with Crippen LogP contribution in [0.4, 0.5) is 0 Å². The van der Waals surface area contributed by atoms with Crippen LogP contribution in [0.3, 0.4) is 0 Å². The average molecular weight is 281 g/mol. The standard InChI is InChI=1S/C8H10BrO4P/c1-2-13-7-3-6(9)4-8(5-7)14(10,11)12/h3-5H,2H2,1H3,(H2,10,11,12). The zero-order valence-corrected chi connectivity index (χ0v) is 9.96. The van der Waals surface area contributed by atoms with Gasteiger partial charge in [0.1, 0.15) is 5.75 Å². The Morgan fingerprint density at radius 3 is 2.57 bits per heavy atom. The SMILES string of the molecule is CCOc1cc(Br)cc(P(=O)(O)O)c1. The van der Waals surface area contributed by atoms with Crippen molar-refractivity contribution in [1.82, 2.24) is 0 Å². The van der Waals surface area contributed by atoms with Gasteiger partial charge in [0.25, 0.3) is 0 Å². The van der Waals surface area contributed by atoms with Crippen molar-refractivity contribution in [3.05, 3.63) is 22.7 Å². The monoisotopic (exact) mass is 280 g/mol. The van der Waals surface area contributed by atoms with E-state index < -0.39 is 7.60 Å². The van der Waals surface area contributed by atoms with Crippen LogP contribution in [0.15, 0.2) is 22.7 Å². The molecule has 78 valence electrons. The molecule has 1 rings (SSSR count). The Morgan fingerprint density at radius 2 is 2.07 bits per heavy atom. The van der Waals surface area contributed by atoms with Crippen LogP contribution in [-0.2, 0) is 4.57 Å². The lowest BCUT2D eigenvalue weighted by molar-refractivity contribution is 0.339. The lowest BCUT2D eigenvalue weighted by Gasteiger charge is -2.08. The lowest BCUT2D eigenvalue weighted by atomic mass is 10.3. The lowest BCUT2D eigenvalue weighted by Crippen LogP contribution is -2.05. The maximum absolute atomic E-state index is 11.0. The summed E-state index contributed by atoms with van der Waals surface area (Å²) in [6.45, 7) is 2.26. The Hall–Kier alpha value is -0.350. The van der Waals surface area contributed by atoms with E-state index in [9.17, 15) is 4.57 Å². The fraction of sp³-hybridized carbons (Fsp3) is 0.250. The Balaban J connectivity index is 3.14. The largest absolute Gasteiger partial charge is 0.494 e. The minimum Gasteiger partial charge on any atom is -0.494 e. The van der Waals surface area contributed by atoms with E-state index in [1.165, 1.54) is 12.1 Å². The molecule has 0 saturated heterocycles. The molecular weight excluding hydrogens is 271 g/mol. The third-order valence-corrected chi connectivity index (χ3v) is 2.89. The topological polar surface area (TPSA) is 66.8 Å². The molecule has 2 N–H and O–H groups in total. The van der Waals surface area contributed by atoms with Gasteiger partial charge in [-0.3, -0.25) is 4.57 Å². The molecule has 0 aromatic heterocycles. The van der Waals surface area contributed by atoms with Crippen molar-refractivity contribution in [2.24, 2.45) is 0 Å². The second kappa shape index (κ2) is 4.45. The van der Waals surface area contributed by atoms with Crippen LogP contribution >= 0.6 is 23.5 Å². The van der Waals surface area contributed by atoms with Gasteiger partial charge in [0.05, 0.1) is 11.9 Å². The van der Waals surface area contributed by atoms with Crippen LogP contribution in [0.1, 0.15) is 6.92 Å². The van der Waals surface area contributed by atoms with Crippen LogP contribution in [0.25, 0.3) is 0 Å². The first-order valence-corrected chi connectivity index (χ1v) is 6.33. The van der Waals surface area contributed by atoms with E-state index in [0.717, 1.165) is 0 Å². The summed E-state index contributed by atoms with van der Waals surface area (Å²) in [6.07, 6.45) is 0. The molecule has 6 heteroatoms. The molecule has 0 heterocycles. The van der Waals surface area contributed by atoms with Gasteiger partial charge in [0.2, 0.25) is 0 Å². The number of ether oxygens (including phenoxy) is 1. The molecule has 1 aromatic carbocycles. The van der Waals surface area contributed by atoms with Crippen LogP contribution in [0.5, 0.6) is 5.75 Å².